The maximum atomic E-state index is 12.9. The molecule has 0 atom stereocenters. The van der Waals surface area contributed by atoms with E-state index in [1.807, 2.05) is 0 Å². The van der Waals surface area contributed by atoms with E-state index in [1.165, 1.54) is 29.6 Å². The van der Waals surface area contributed by atoms with Gasteiger partial charge in [0.1, 0.15) is 16.4 Å². The SMILES string of the molecule is COc1ccc(Cl)cc1C(=O)N1CCN(S(=O)(=O)c2cc(C)ccc2O)CC1. The monoisotopic (exact) mass is 424 g/mol. The molecule has 1 aliphatic heterocycles. The van der Waals surface area contributed by atoms with E-state index in [4.69, 9.17) is 16.3 Å². The molecule has 2 aromatic carbocycles. The van der Waals surface area contributed by atoms with Crippen molar-refractivity contribution in [2.45, 2.75) is 11.8 Å². The first kappa shape index (κ1) is 20.4. The summed E-state index contributed by atoms with van der Waals surface area (Å²) in [7, 11) is -2.38. The lowest BCUT2D eigenvalue weighted by Crippen LogP contribution is -2.50. The van der Waals surface area contributed by atoms with Gasteiger partial charge < -0.3 is 14.7 Å². The highest BCUT2D eigenvalue weighted by molar-refractivity contribution is 7.89. The molecule has 1 saturated heterocycles. The molecule has 0 saturated carbocycles. The Balaban J connectivity index is 1.77. The Morgan fingerprint density at radius 2 is 1.79 bits per heavy atom. The van der Waals surface area contributed by atoms with Crippen LogP contribution in [0.5, 0.6) is 11.5 Å². The molecule has 0 aliphatic carbocycles. The lowest BCUT2D eigenvalue weighted by atomic mass is 10.1. The van der Waals surface area contributed by atoms with E-state index in [0.29, 0.717) is 16.3 Å². The fourth-order valence-electron chi connectivity index (χ4n) is 3.12. The molecule has 1 heterocycles. The van der Waals surface area contributed by atoms with Crippen LogP contribution < -0.4 is 4.74 Å². The normalized spacial score (nSPS) is 15.5. The van der Waals surface area contributed by atoms with Crippen molar-refractivity contribution in [2.24, 2.45) is 0 Å². The van der Waals surface area contributed by atoms with Gasteiger partial charge in [0, 0.05) is 31.2 Å². The molecule has 1 N–H and O–H groups in total. The van der Waals surface area contributed by atoms with E-state index in [1.54, 1.807) is 30.0 Å². The van der Waals surface area contributed by atoms with Gasteiger partial charge in [-0.1, -0.05) is 17.7 Å². The van der Waals surface area contributed by atoms with Gasteiger partial charge >= 0.3 is 0 Å². The molecule has 150 valence electrons. The van der Waals surface area contributed by atoms with E-state index in [0.717, 1.165) is 5.56 Å². The van der Waals surface area contributed by atoms with Gasteiger partial charge in [0.05, 0.1) is 12.7 Å². The summed E-state index contributed by atoms with van der Waals surface area (Å²) in [5.41, 5.74) is 1.07. The van der Waals surface area contributed by atoms with E-state index in [9.17, 15) is 18.3 Å². The van der Waals surface area contributed by atoms with Crippen LogP contribution in [0.2, 0.25) is 5.02 Å². The number of sulfonamides is 1. The predicted molar refractivity (Wildman–Crippen MR) is 106 cm³/mol. The highest BCUT2D eigenvalue weighted by Crippen LogP contribution is 2.28. The highest BCUT2D eigenvalue weighted by atomic mass is 35.5. The summed E-state index contributed by atoms with van der Waals surface area (Å²) >= 11 is 6.00. The first-order chi connectivity index (χ1) is 13.2. The number of amides is 1. The lowest BCUT2D eigenvalue weighted by molar-refractivity contribution is 0.0694. The van der Waals surface area contributed by atoms with Crippen molar-refractivity contribution < 1.29 is 23.1 Å². The first-order valence-corrected chi connectivity index (χ1v) is 10.5. The molecule has 0 bridgehead atoms. The first-order valence-electron chi connectivity index (χ1n) is 8.66. The van der Waals surface area contributed by atoms with Crippen LogP contribution in [0, 0.1) is 6.92 Å². The Labute approximate surface area is 169 Å². The Morgan fingerprint density at radius 1 is 1.11 bits per heavy atom. The number of piperazine rings is 1. The number of aryl methyl sites for hydroxylation is 1. The molecule has 1 aliphatic rings. The lowest BCUT2D eigenvalue weighted by Gasteiger charge is -2.34. The number of rotatable bonds is 4. The molecule has 0 aromatic heterocycles. The zero-order valence-corrected chi connectivity index (χ0v) is 17.1. The summed E-state index contributed by atoms with van der Waals surface area (Å²) in [5, 5.41) is 10.4. The average Bonchev–Trinajstić information content (AvgIpc) is 2.69. The summed E-state index contributed by atoms with van der Waals surface area (Å²) < 4.78 is 32.3. The van der Waals surface area contributed by atoms with Crippen molar-refractivity contribution in [1.29, 1.82) is 0 Å². The van der Waals surface area contributed by atoms with Gasteiger partial charge in [-0.3, -0.25) is 4.79 Å². The minimum Gasteiger partial charge on any atom is -0.507 e. The molecule has 1 amide bonds. The number of nitrogens with zero attached hydrogens (tertiary/aromatic N) is 2. The summed E-state index contributed by atoms with van der Waals surface area (Å²) in [6.45, 7) is 2.46. The number of carbonyl (C=O) groups excluding carboxylic acids is 1. The van der Waals surface area contributed by atoms with Crippen LogP contribution in [-0.4, -0.2) is 61.9 Å². The van der Waals surface area contributed by atoms with Crippen LogP contribution in [0.25, 0.3) is 0 Å². The van der Waals surface area contributed by atoms with Crippen LogP contribution in [-0.2, 0) is 10.0 Å². The number of benzene rings is 2. The van der Waals surface area contributed by atoms with Gasteiger partial charge in [-0.05, 0) is 42.8 Å². The van der Waals surface area contributed by atoms with Crippen molar-refractivity contribution in [3.8, 4) is 11.5 Å². The third-order valence-corrected chi connectivity index (χ3v) is 6.81. The Bertz CT molecular complexity index is 1000. The summed E-state index contributed by atoms with van der Waals surface area (Å²) in [5.74, 6) is -0.142. The third kappa shape index (κ3) is 3.94. The van der Waals surface area contributed by atoms with Gasteiger partial charge in [-0.15, -0.1) is 0 Å². The smallest absolute Gasteiger partial charge is 0.257 e. The Kier molecular flexibility index (Phi) is 5.83. The van der Waals surface area contributed by atoms with Crippen LogP contribution in [0.3, 0.4) is 0 Å². The maximum Gasteiger partial charge on any atom is 0.257 e. The standard InChI is InChI=1S/C19H21ClN2O5S/c1-13-3-5-16(23)18(11-13)28(25,26)22-9-7-21(8-10-22)19(24)15-12-14(20)4-6-17(15)27-2/h3-6,11-12,23H,7-10H2,1-2H3. The minimum absolute atomic E-state index is 0.121. The van der Waals surface area contributed by atoms with E-state index in [-0.39, 0.29) is 42.7 Å². The van der Waals surface area contributed by atoms with E-state index < -0.39 is 10.0 Å². The number of phenolic OH excluding ortho intramolecular Hbond substituents is 1. The van der Waals surface area contributed by atoms with Gasteiger partial charge in [0.2, 0.25) is 10.0 Å². The van der Waals surface area contributed by atoms with Crippen LogP contribution in [0.15, 0.2) is 41.3 Å². The largest absolute Gasteiger partial charge is 0.507 e. The second-order valence-corrected chi connectivity index (χ2v) is 8.85. The molecular weight excluding hydrogens is 404 g/mol. The van der Waals surface area contributed by atoms with Crippen LogP contribution in [0.4, 0.5) is 0 Å². The number of carbonyl (C=O) groups is 1. The second-order valence-electron chi connectivity index (χ2n) is 6.51. The molecule has 1 fully saturated rings. The molecular formula is C19H21ClN2O5S. The summed E-state index contributed by atoms with van der Waals surface area (Å²) in [6, 6.07) is 9.25. The molecule has 0 radical (unpaired) electrons. The van der Waals surface area contributed by atoms with Gasteiger partial charge in [-0.2, -0.15) is 4.31 Å². The molecule has 0 spiro atoms. The number of phenols is 1. The van der Waals surface area contributed by atoms with Crippen molar-refractivity contribution in [3.05, 3.63) is 52.5 Å². The van der Waals surface area contributed by atoms with Crippen LogP contribution in [0.1, 0.15) is 15.9 Å². The molecule has 2 aromatic rings. The Hall–Kier alpha value is -2.29. The Morgan fingerprint density at radius 3 is 2.43 bits per heavy atom. The topological polar surface area (TPSA) is 87.2 Å². The molecule has 0 unspecified atom stereocenters. The molecule has 3 rings (SSSR count). The van der Waals surface area contributed by atoms with Crippen molar-refractivity contribution in [3.63, 3.8) is 0 Å². The summed E-state index contributed by atoms with van der Waals surface area (Å²) in [4.78, 5) is 14.3. The van der Waals surface area contributed by atoms with E-state index >= 15 is 0 Å². The second kappa shape index (κ2) is 7.98. The van der Waals surface area contributed by atoms with E-state index in [2.05, 4.69) is 0 Å². The summed E-state index contributed by atoms with van der Waals surface area (Å²) in [6.07, 6.45) is 0. The van der Waals surface area contributed by atoms with Gasteiger partial charge in [-0.25, -0.2) is 8.42 Å². The number of aromatic hydroxyl groups is 1. The van der Waals surface area contributed by atoms with Crippen LogP contribution >= 0.6 is 11.6 Å². The third-order valence-electron chi connectivity index (χ3n) is 4.65. The number of hydrogen-bond acceptors (Lipinski definition) is 5. The number of ether oxygens (including phenoxy) is 1. The number of halogens is 1. The predicted octanol–water partition coefficient (Wildman–Crippen LogP) is 2.51. The molecule has 9 heteroatoms. The molecule has 28 heavy (non-hydrogen) atoms. The fourth-order valence-corrected chi connectivity index (χ4v) is 4.88. The van der Waals surface area contributed by atoms with Gasteiger partial charge in [0.25, 0.3) is 5.91 Å². The highest BCUT2D eigenvalue weighted by Gasteiger charge is 2.32. The minimum atomic E-state index is -3.85. The zero-order valence-electron chi connectivity index (χ0n) is 15.6. The number of hydrogen-bond donors (Lipinski definition) is 1. The quantitative estimate of drug-likeness (QED) is 0.814. The number of methoxy groups -OCH3 is 1. The zero-order chi connectivity index (χ0) is 20.5. The maximum absolute atomic E-state index is 12.9. The van der Waals surface area contributed by atoms with Crippen molar-refractivity contribution in [2.75, 3.05) is 33.3 Å². The fraction of sp³-hybridized carbons (Fsp3) is 0.316. The van der Waals surface area contributed by atoms with Crippen molar-refractivity contribution in [1.82, 2.24) is 9.21 Å². The average molecular weight is 425 g/mol. The molecule has 7 nitrogen and oxygen atoms in total. The van der Waals surface area contributed by atoms with Crippen molar-refractivity contribution >= 4 is 27.5 Å². The van der Waals surface area contributed by atoms with Gasteiger partial charge in [0.15, 0.2) is 0 Å².